The summed E-state index contributed by atoms with van der Waals surface area (Å²) >= 11 is 1.30. The van der Waals surface area contributed by atoms with Crippen molar-refractivity contribution in [2.45, 2.75) is 62.1 Å². The number of thioether (sulfide) groups is 1. The zero-order valence-electron chi connectivity index (χ0n) is 21.6. The molecule has 2 N–H and O–H groups in total. The standard InChI is InChI=1S/C26H36F2N4O4S2/c1-2-3-7-31-16-19(13-24(31)33)26(34)30-22(12-18-10-20(27)14-21(28)11-18)15-23-17-32(8-6-29-23)38(35,36)25-5-4-9-37-25/h4,9-11,14,19,22-23,25,29H,2-3,5-8,12-13,15-17H2,1H3,(H,30,34)/t19?,22?,23-,25?/m0/s1. The van der Waals surface area contributed by atoms with Crippen molar-refractivity contribution in [3.63, 3.8) is 0 Å². The normalized spacial score (nSPS) is 25.2. The van der Waals surface area contributed by atoms with Gasteiger partial charge in [0, 0.05) is 57.3 Å². The predicted molar refractivity (Wildman–Crippen MR) is 144 cm³/mol. The van der Waals surface area contributed by atoms with Crippen LogP contribution in [0.25, 0.3) is 0 Å². The number of likely N-dealkylation sites (tertiary alicyclic amines) is 1. The van der Waals surface area contributed by atoms with Gasteiger partial charge < -0.3 is 15.5 Å². The molecule has 4 atom stereocenters. The Morgan fingerprint density at radius 3 is 2.68 bits per heavy atom. The van der Waals surface area contributed by atoms with Crippen LogP contribution in [0.5, 0.6) is 0 Å². The van der Waals surface area contributed by atoms with Crippen LogP contribution >= 0.6 is 11.8 Å². The van der Waals surface area contributed by atoms with Gasteiger partial charge in [0.15, 0.2) is 0 Å². The van der Waals surface area contributed by atoms with Crippen LogP contribution in [0.15, 0.2) is 29.7 Å². The highest BCUT2D eigenvalue weighted by atomic mass is 32.3. The molecular weight excluding hydrogens is 534 g/mol. The molecule has 12 heteroatoms. The van der Waals surface area contributed by atoms with Crippen molar-refractivity contribution in [2.24, 2.45) is 5.92 Å². The molecule has 38 heavy (non-hydrogen) atoms. The molecule has 210 valence electrons. The van der Waals surface area contributed by atoms with Gasteiger partial charge in [-0.25, -0.2) is 17.2 Å². The Bertz CT molecular complexity index is 1120. The third-order valence-corrected chi connectivity index (χ3v) is 11.1. The maximum Gasteiger partial charge on any atom is 0.227 e. The van der Waals surface area contributed by atoms with Gasteiger partial charge in [0.2, 0.25) is 21.8 Å². The molecule has 2 saturated heterocycles. The minimum atomic E-state index is -3.49. The summed E-state index contributed by atoms with van der Waals surface area (Å²) in [4.78, 5) is 27.3. The van der Waals surface area contributed by atoms with Crippen molar-refractivity contribution in [3.8, 4) is 0 Å². The van der Waals surface area contributed by atoms with Gasteiger partial charge in [0.1, 0.15) is 16.2 Å². The van der Waals surface area contributed by atoms with Gasteiger partial charge in [-0.15, -0.1) is 11.8 Å². The molecule has 4 rings (SSSR count). The van der Waals surface area contributed by atoms with E-state index in [1.54, 1.807) is 4.90 Å². The molecule has 1 aromatic rings. The molecule has 0 radical (unpaired) electrons. The zero-order chi connectivity index (χ0) is 27.3. The lowest BCUT2D eigenvalue weighted by Gasteiger charge is -2.36. The van der Waals surface area contributed by atoms with Crippen LogP contribution in [-0.2, 0) is 26.0 Å². The van der Waals surface area contributed by atoms with E-state index in [1.807, 2.05) is 18.4 Å². The number of halogens is 2. The Hall–Kier alpha value is -2.02. The average molecular weight is 571 g/mol. The molecule has 2 fully saturated rings. The quantitative estimate of drug-likeness (QED) is 0.425. The van der Waals surface area contributed by atoms with Crippen LogP contribution < -0.4 is 10.6 Å². The Labute approximate surface area is 227 Å². The van der Waals surface area contributed by atoms with Crippen LogP contribution in [0, 0.1) is 17.6 Å². The number of carbonyl (C=O) groups is 2. The van der Waals surface area contributed by atoms with Gasteiger partial charge in [-0.3, -0.25) is 9.59 Å². The second kappa shape index (κ2) is 12.9. The van der Waals surface area contributed by atoms with E-state index in [4.69, 9.17) is 0 Å². The van der Waals surface area contributed by atoms with Crippen molar-refractivity contribution >= 4 is 33.6 Å². The first-order chi connectivity index (χ1) is 18.2. The number of rotatable bonds is 11. The number of nitrogens with zero attached hydrogens (tertiary/aromatic N) is 2. The van der Waals surface area contributed by atoms with Gasteiger partial charge in [0.25, 0.3) is 0 Å². The van der Waals surface area contributed by atoms with Crippen LogP contribution in [0.3, 0.4) is 0 Å². The first-order valence-electron chi connectivity index (χ1n) is 13.2. The van der Waals surface area contributed by atoms with Crippen molar-refractivity contribution in [3.05, 3.63) is 46.9 Å². The first kappa shape index (κ1) is 29.0. The second-order valence-corrected chi connectivity index (χ2v) is 13.8. The smallest absolute Gasteiger partial charge is 0.227 e. The fourth-order valence-electron chi connectivity index (χ4n) is 5.29. The maximum absolute atomic E-state index is 13.9. The minimum Gasteiger partial charge on any atom is -0.353 e. The first-order valence-corrected chi connectivity index (χ1v) is 15.7. The molecule has 0 saturated carbocycles. The summed E-state index contributed by atoms with van der Waals surface area (Å²) < 4.78 is 55.0. The number of amides is 2. The van der Waals surface area contributed by atoms with E-state index in [-0.39, 0.29) is 37.2 Å². The lowest BCUT2D eigenvalue weighted by atomic mass is 9.97. The minimum absolute atomic E-state index is 0.0450. The molecule has 3 aliphatic rings. The van der Waals surface area contributed by atoms with E-state index in [0.29, 0.717) is 44.6 Å². The topological polar surface area (TPSA) is 98.8 Å². The SMILES string of the molecule is CCCCN1CC(C(=O)NC(Cc2cc(F)cc(F)c2)C[C@H]2CN(S(=O)(=O)C3CC=CS3)CCN2)CC1=O. The number of benzene rings is 1. The van der Waals surface area contributed by atoms with E-state index in [1.165, 1.54) is 28.2 Å². The lowest BCUT2D eigenvalue weighted by molar-refractivity contribution is -0.129. The third-order valence-electron chi connectivity index (χ3n) is 7.25. The number of piperazine rings is 1. The Kier molecular flexibility index (Phi) is 9.83. The van der Waals surface area contributed by atoms with Gasteiger partial charge in [-0.05, 0) is 48.8 Å². The number of hydrogen-bond donors (Lipinski definition) is 2. The number of allylic oxidation sites excluding steroid dienone is 1. The zero-order valence-corrected chi connectivity index (χ0v) is 23.2. The number of carbonyl (C=O) groups excluding carboxylic acids is 2. The highest BCUT2D eigenvalue weighted by molar-refractivity contribution is 8.14. The molecule has 0 spiro atoms. The van der Waals surface area contributed by atoms with Crippen LogP contribution in [0.2, 0.25) is 0 Å². The summed E-state index contributed by atoms with van der Waals surface area (Å²) in [5, 5.41) is 8.16. The average Bonchev–Trinajstić information content (AvgIpc) is 3.53. The van der Waals surface area contributed by atoms with Gasteiger partial charge in [0.05, 0.1) is 5.92 Å². The summed E-state index contributed by atoms with van der Waals surface area (Å²) in [6.45, 7) is 4.09. The van der Waals surface area contributed by atoms with Crippen LogP contribution in [-0.4, -0.2) is 78.8 Å². The van der Waals surface area contributed by atoms with Crippen LogP contribution in [0.4, 0.5) is 8.78 Å². The summed E-state index contributed by atoms with van der Waals surface area (Å²) in [7, 11) is -3.49. The summed E-state index contributed by atoms with van der Waals surface area (Å²) in [6.07, 6.45) is 4.83. The Balaban J connectivity index is 1.45. The van der Waals surface area contributed by atoms with Crippen molar-refractivity contribution in [1.82, 2.24) is 19.8 Å². The van der Waals surface area contributed by atoms with E-state index in [9.17, 15) is 26.8 Å². The molecule has 0 bridgehead atoms. The monoisotopic (exact) mass is 570 g/mol. The molecule has 0 aromatic heterocycles. The van der Waals surface area contributed by atoms with Crippen molar-refractivity contribution in [2.75, 3.05) is 32.7 Å². The third kappa shape index (κ3) is 7.34. The molecule has 2 amide bonds. The molecule has 3 unspecified atom stereocenters. The molecule has 0 aliphatic carbocycles. The number of nitrogens with one attached hydrogen (secondary N) is 2. The number of sulfonamides is 1. The summed E-state index contributed by atoms with van der Waals surface area (Å²) in [5.74, 6) is -2.21. The number of hydrogen-bond acceptors (Lipinski definition) is 6. The molecular formula is C26H36F2N4O4S2. The summed E-state index contributed by atoms with van der Waals surface area (Å²) in [6, 6.07) is 2.51. The second-order valence-electron chi connectivity index (χ2n) is 10.2. The van der Waals surface area contributed by atoms with Gasteiger partial charge >= 0.3 is 0 Å². The number of unbranched alkanes of at least 4 members (excludes halogenated alkanes) is 1. The van der Waals surface area contributed by atoms with E-state index in [2.05, 4.69) is 10.6 Å². The van der Waals surface area contributed by atoms with Gasteiger partial charge in [-0.2, -0.15) is 4.31 Å². The van der Waals surface area contributed by atoms with Crippen molar-refractivity contribution < 1.29 is 26.8 Å². The predicted octanol–water partition coefficient (Wildman–Crippen LogP) is 2.61. The Morgan fingerprint density at radius 2 is 2.00 bits per heavy atom. The Morgan fingerprint density at radius 1 is 1.24 bits per heavy atom. The molecule has 3 aliphatic heterocycles. The van der Waals surface area contributed by atoms with E-state index >= 15 is 0 Å². The fourth-order valence-corrected chi connectivity index (χ4v) is 8.45. The highest BCUT2D eigenvalue weighted by Crippen LogP contribution is 2.31. The lowest BCUT2D eigenvalue weighted by Crippen LogP contribution is -2.56. The largest absolute Gasteiger partial charge is 0.353 e. The van der Waals surface area contributed by atoms with E-state index in [0.717, 1.165) is 18.9 Å². The maximum atomic E-state index is 13.9. The van der Waals surface area contributed by atoms with Gasteiger partial charge in [-0.1, -0.05) is 19.4 Å². The highest BCUT2D eigenvalue weighted by Gasteiger charge is 2.38. The summed E-state index contributed by atoms with van der Waals surface area (Å²) in [5.41, 5.74) is 0.397. The molecule has 8 nitrogen and oxygen atoms in total. The molecule has 1 aromatic carbocycles. The van der Waals surface area contributed by atoms with E-state index < -0.39 is 38.2 Å². The fraction of sp³-hybridized carbons (Fsp3) is 0.615. The molecule has 3 heterocycles. The van der Waals surface area contributed by atoms with Crippen molar-refractivity contribution in [1.29, 1.82) is 0 Å². The van der Waals surface area contributed by atoms with Crippen LogP contribution in [0.1, 0.15) is 44.6 Å².